The predicted octanol–water partition coefficient (Wildman–Crippen LogP) is 3.73. The van der Waals surface area contributed by atoms with Crippen LogP contribution in [0.2, 0.25) is 0 Å². The fraction of sp³-hybridized carbons (Fsp3) is 0.952. The molecule has 0 saturated carbocycles. The van der Waals surface area contributed by atoms with Crippen molar-refractivity contribution in [1.29, 1.82) is 0 Å². The number of ether oxygens (including phenoxy) is 1. The van der Waals surface area contributed by atoms with Gasteiger partial charge in [-0.1, -0.05) is 34.1 Å². The summed E-state index contributed by atoms with van der Waals surface area (Å²) in [4.78, 5) is 17.7. The van der Waals surface area contributed by atoms with Crippen molar-refractivity contribution in [1.82, 2.24) is 14.7 Å². The first-order chi connectivity index (χ1) is 12.3. The van der Waals surface area contributed by atoms with Crippen molar-refractivity contribution in [3.63, 3.8) is 0 Å². The molecule has 0 spiro atoms. The van der Waals surface area contributed by atoms with Gasteiger partial charge < -0.3 is 14.5 Å². The van der Waals surface area contributed by atoms with Crippen LogP contribution in [0.25, 0.3) is 0 Å². The number of piperazine rings is 1. The normalized spacial score (nSPS) is 14.6. The molecule has 0 aromatic rings. The summed E-state index contributed by atoms with van der Waals surface area (Å²) in [7, 11) is 2.17. The van der Waals surface area contributed by atoms with Crippen molar-refractivity contribution >= 4 is 5.91 Å². The van der Waals surface area contributed by atoms with E-state index in [1.807, 2.05) is 18.7 Å². The van der Waals surface area contributed by atoms with E-state index in [1.165, 1.54) is 32.4 Å². The highest BCUT2D eigenvalue weighted by molar-refractivity contribution is 5.73. The molecule has 0 aromatic carbocycles. The van der Waals surface area contributed by atoms with Gasteiger partial charge in [0.25, 0.3) is 0 Å². The Labute approximate surface area is 164 Å². The van der Waals surface area contributed by atoms with Gasteiger partial charge >= 0.3 is 0 Å². The number of rotatable bonds is 8. The van der Waals surface area contributed by atoms with E-state index in [-0.39, 0.29) is 5.91 Å². The quantitative estimate of drug-likeness (QED) is 0.649. The molecular formula is C21H47N3O2. The molecule has 1 aliphatic rings. The molecular weight excluding hydrogens is 326 g/mol. The average Bonchev–Trinajstić information content (AvgIpc) is 2.57. The van der Waals surface area contributed by atoms with Gasteiger partial charge in [0.2, 0.25) is 5.91 Å². The van der Waals surface area contributed by atoms with Crippen molar-refractivity contribution in [3.05, 3.63) is 0 Å². The number of carbonyl (C=O) groups is 1. The summed E-state index contributed by atoms with van der Waals surface area (Å²) in [6, 6.07) is 0. The molecule has 1 aliphatic heterocycles. The SMILES string of the molecule is CC(=O)N1CCN(CCOC(C)C)CC1.CCC.CCCN(C)CCC. The lowest BCUT2D eigenvalue weighted by molar-refractivity contribution is -0.130. The van der Waals surface area contributed by atoms with Crippen molar-refractivity contribution in [2.45, 2.75) is 73.8 Å². The highest BCUT2D eigenvalue weighted by Gasteiger charge is 2.17. The van der Waals surface area contributed by atoms with Crippen molar-refractivity contribution in [3.8, 4) is 0 Å². The van der Waals surface area contributed by atoms with E-state index < -0.39 is 0 Å². The molecule has 1 amide bonds. The molecule has 1 heterocycles. The van der Waals surface area contributed by atoms with Gasteiger partial charge in [0.05, 0.1) is 12.7 Å². The van der Waals surface area contributed by atoms with Crippen LogP contribution in [0.5, 0.6) is 0 Å². The minimum atomic E-state index is 0.188. The zero-order chi connectivity index (χ0) is 20.4. The Bertz CT molecular complexity index is 298. The monoisotopic (exact) mass is 373 g/mol. The van der Waals surface area contributed by atoms with Gasteiger partial charge in [-0.05, 0) is 46.8 Å². The van der Waals surface area contributed by atoms with E-state index in [1.54, 1.807) is 6.92 Å². The maximum absolute atomic E-state index is 11.1. The molecule has 158 valence electrons. The fourth-order valence-electron chi connectivity index (χ4n) is 2.58. The highest BCUT2D eigenvalue weighted by Crippen LogP contribution is 2.01. The van der Waals surface area contributed by atoms with E-state index >= 15 is 0 Å². The number of hydrogen-bond donors (Lipinski definition) is 0. The lowest BCUT2D eigenvalue weighted by atomic mass is 10.3. The second-order valence-corrected chi connectivity index (χ2v) is 7.28. The second kappa shape index (κ2) is 19.1. The molecule has 1 saturated heterocycles. The lowest BCUT2D eigenvalue weighted by Gasteiger charge is -2.34. The summed E-state index contributed by atoms with van der Waals surface area (Å²) in [5, 5.41) is 0. The van der Waals surface area contributed by atoms with Gasteiger partial charge in [-0.25, -0.2) is 0 Å². The van der Waals surface area contributed by atoms with Crippen LogP contribution in [-0.4, -0.2) is 86.2 Å². The zero-order valence-electron chi connectivity index (χ0n) is 19.0. The van der Waals surface area contributed by atoms with Crippen LogP contribution < -0.4 is 0 Å². The predicted molar refractivity (Wildman–Crippen MR) is 114 cm³/mol. The van der Waals surface area contributed by atoms with Gasteiger partial charge in [0, 0.05) is 39.6 Å². The van der Waals surface area contributed by atoms with Gasteiger partial charge in [-0.3, -0.25) is 9.69 Å². The summed E-state index contributed by atoms with van der Waals surface area (Å²) < 4.78 is 5.50. The van der Waals surface area contributed by atoms with Gasteiger partial charge in [0.15, 0.2) is 0 Å². The Kier molecular flexibility index (Phi) is 20.3. The van der Waals surface area contributed by atoms with E-state index in [2.05, 4.69) is 44.5 Å². The van der Waals surface area contributed by atoms with Gasteiger partial charge in [-0.2, -0.15) is 0 Å². The molecule has 5 nitrogen and oxygen atoms in total. The van der Waals surface area contributed by atoms with Crippen LogP contribution in [-0.2, 0) is 9.53 Å². The smallest absolute Gasteiger partial charge is 0.219 e. The van der Waals surface area contributed by atoms with Crippen LogP contribution in [0.4, 0.5) is 0 Å². The Morgan fingerprint density at radius 1 is 1.00 bits per heavy atom. The summed E-state index contributed by atoms with van der Waals surface area (Å²) in [6.45, 7) is 22.3. The maximum Gasteiger partial charge on any atom is 0.219 e. The molecule has 0 atom stereocenters. The molecule has 0 aliphatic carbocycles. The average molecular weight is 374 g/mol. The Morgan fingerprint density at radius 2 is 1.46 bits per heavy atom. The Hall–Kier alpha value is -0.650. The fourth-order valence-corrected chi connectivity index (χ4v) is 2.58. The molecule has 26 heavy (non-hydrogen) atoms. The van der Waals surface area contributed by atoms with Crippen molar-refractivity contribution in [2.24, 2.45) is 0 Å². The Morgan fingerprint density at radius 3 is 1.81 bits per heavy atom. The maximum atomic E-state index is 11.1. The van der Waals surface area contributed by atoms with Gasteiger partial charge in [-0.15, -0.1) is 0 Å². The van der Waals surface area contributed by atoms with E-state index in [9.17, 15) is 4.79 Å². The second-order valence-electron chi connectivity index (χ2n) is 7.28. The molecule has 0 radical (unpaired) electrons. The minimum absolute atomic E-state index is 0.188. The molecule has 0 bridgehead atoms. The van der Waals surface area contributed by atoms with Crippen molar-refractivity contribution in [2.75, 3.05) is 59.5 Å². The van der Waals surface area contributed by atoms with Crippen LogP contribution >= 0.6 is 0 Å². The number of nitrogens with zero attached hydrogens (tertiary/aromatic N) is 3. The molecule has 1 fully saturated rings. The van der Waals surface area contributed by atoms with E-state index in [4.69, 9.17) is 4.74 Å². The first-order valence-electron chi connectivity index (χ1n) is 10.6. The molecule has 0 unspecified atom stereocenters. The van der Waals surface area contributed by atoms with Crippen LogP contribution in [0, 0.1) is 0 Å². The molecule has 5 heteroatoms. The lowest BCUT2D eigenvalue weighted by Crippen LogP contribution is -2.48. The molecule has 0 N–H and O–H groups in total. The minimum Gasteiger partial charge on any atom is -0.377 e. The first kappa shape index (κ1) is 27.6. The summed E-state index contributed by atoms with van der Waals surface area (Å²) in [5.41, 5.74) is 0. The zero-order valence-corrected chi connectivity index (χ0v) is 19.0. The summed E-state index contributed by atoms with van der Waals surface area (Å²) in [6.07, 6.45) is 4.11. The van der Waals surface area contributed by atoms with Crippen LogP contribution in [0.3, 0.4) is 0 Å². The van der Waals surface area contributed by atoms with E-state index in [0.717, 1.165) is 39.3 Å². The summed E-state index contributed by atoms with van der Waals surface area (Å²) >= 11 is 0. The number of carbonyl (C=O) groups excluding carboxylic acids is 1. The Balaban J connectivity index is 0. The van der Waals surface area contributed by atoms with E-state index in [0.29, 0.717) is 6.10 Å². The third kappa shape index (κ3) is 18.2. The van der Waals surface area contributed by atoms with Crippen molar-refractivity contribution < 1.29 is 9.53 Å². The molecule has 1 rings (SSSR count). The number of amides is 1. The third-order valence-electron chi connectivity index (χ3n) is 3.89. The largest absolute Gasteiger partial charge is 0.377 e. The van der Waals surface area contributed by atoms with Crippen LogP contribution in [0.1, 0.15) is 67.7 Å². The van der Waals surface area contributed by atoms with Gasteiger partial charge in [0.1, 0.15) is 0 Å². The molecule has 0 aromatic heterocycles. The van der Waals surface area contributed by atoms with Crippen LogP contribution in [0.15, 0.2) is 0 Å². The number of hydrogen-bond acceptors (Lipinski definition) is 4. The topological polar surface area (TPSA) is 36.0 Å². The third-order valence-corrected chi connectivity index (χ3v) is 3.89. The highest BCUT2D eigenvalue weighted by atomic mass is 16.5. The standard InChI is InChI=1S/C11H22N2O2.C7H17N.C3H8/c1-10(2)15-9-8-12-4-6-13(7-5-12)11(3)14;1-4-6-8(3)7-5-2;1-3-2/h10H,4-9H2,1-3H3;4-7H2,1-3H3;3H2,1-2H3. The summed E-state index contributed by atoms with van der Waals surface area (Å²) in [5.74, 6) is 0.188. The first-order valence-corrected chi connectivity index (χ1v) is 10.6.